The lowest BCUT2D eigenvalue weighted by Crippen LogP contribution is -2.28. The first-order chi connectivity index (χ1) is 12.4. The molecule has 0 aliphatic carbocycles. The van der Waals surface area contributed by atoms with Crippen molar-refractivity contribution < 1.29 is 14.4 Å². The van der Waals surface area contributed by atoms with E-state index in [1.54, 1.807) is 42.3 Å². The maximum absolute atomic E-state index is 12.4. The molecule has 0 saturated carbocycles. The molecule has 1 N–H and O–H groups in total. The normalized spacial score (nSPS) is 10.3. The summed E-state index contributed by atoms with van der Waals surface area (Å²) in [5.74, 6) is -0.588. The Morgan fingerprint density at radius 1 is 1.08 bits per heavy atom. The van der Waals surface area contributed by atoms with E-state index >= 15 is 0 Å². The van der Waals surface area contributed by atoms with Crippen LogP contribution in [0.4, 0.5) is 5.69 Å². The number of carbonyl (C=O) groups excluding carboxylic acids is 3. The number of unbranched alkanes of at least 4 members (excludes halogenated alkanes) is 1. The fourth-order valence-electron chi connectivity index (χ4n) is 2.39. The summed E-state index contributed by atoms with van der Waals surface area (Å²) in [5.41, 5.74) is 1.72. The van der Waals surface area contributed by atoms with Gasteiger partial charge in [0.05, 0.1) is 0 Å². The van der Waals surface area contributed by atoms with Gasteiger partial charge in [-0.05, 0) is 49.7 Å². The molecular weight excluding hydrogens is 330 g/mol. The summed E-state index contributed by atoms with van der Waals surface area (Å²) >= 11 is 0. The van der Waals surface area contributed by atoms with Gasteiger partial charge < -0.3 is 10.2 Å². The molecule has 6 heteroatoms. The molecule has 2 rings (SSSR count). The van der Waals surface area contributed by atoms with Crippen LogP contribution >= 0.6 is 0 Å². The molecule has 0 radical (unpaired) electrons. The van der Waals surface area contributed by atoms with Gasteiger partial charge in [0.15, 0.2) is 5.78 Å². The van der Waals surface area contributed by atoms with Crippen molar-refractivity contribution >= 4 is 23.3 Å². The summed E-state index contributed by atoms with van der Waals surface area (Å²) in [4.78, 5) is 41.8. The number of pyridine rings is 1. The third-order valence-electron chi connectivity index (χ3n) is 3.98. The zero-order valence-corrected chi connectivity index (χ0v) is 15.3. The summed E-state index contributed by atoms with van der Waals surface area (Å²) in [6.45, 7) is 4.22. The Kier molecular flexibility index (Phi) is 6.60. The minimum atomic E-state index is -0.411. The molecule has 0 saturated heterocycles. The van der Waals surface area contributed by atoms with Crippen LogP contribution in [0.2, 0.25) is 0 Å². The second kappa shape index (κ2) is 8.89. The monoisotopic (exact) mass is 353 g/mol. The van der Waals surface area contributed by atoms with E-state index in [1.807, 2.05) is 0 Å². The van der Waals surface area contributed by atoms with Crippen LogP contribution in [0.5, 0.6) is 0 Å². The zero-order valence-electron chi connectivity index (χ0n) is 15.3. The highest BCUT2D eigenvalue weighted by molar-refractivity contribution is 6.05. The summed E-state index contributed by atoms with van der Waals surface area (Å²) in [5, 5.41) is 2.72. The van der Waals surface area contributed by atoms with Crippen LogP contribution < -0.4 is 5.32 Å². The number of nitrogens with zero attached hydrogens (tertiary/aromatic N) is 2. The highest BCUT2D eigenvalue weighted by atomic mass is 16.2. The highest BCUT2D eigenvalue weighted by Gasteiger charge is 2.15. The predicted molar refractivity (Wildman–Crippen MR) is 101 cm³/mol. The Hall–Kier alpha value is -3.02. The van der Waals surface area contributed by atoms with E-state index in [0.717, 1.165) is 12.8 Å². The number of anilines is 1. The molecule has 0 aliphatic rings. The van der Waals surface area contributed by atoms with E-state index < -0.39 is 5.91 Å². The van der Waals surface area contributed by atoms with Crippen molar-refractivity contribution in [1.29, 1.82) is 0 Å². The standard InChI is InChI=1S/C20H23N3O3/c1-4-5-12-23(3)20(26)16-10-11-21-18(13-16)19(25)22-17-8-6-15(7-9-17)14(2)24/h6-11,13H,4-5,12H2,1-3H3,(H,22,25). The molecule has 136 valence electrons. The molecule has 0 spiro atoms. The lowest BCUT2D eigenvalue weighted by molar-refractivity contribution is 0.0793. The van der Waals surface area contributed by atoms with Crippen LogP contribution in [-0.2, 0) is 0 Å². The van der Waals surface area contributed by atoms with Gasteiger partial charge in [-0.1, -0.05) is 13.3 Å². The SMILES string of the molecule is CCCCN(C)C(=O)c1ccnc(C(=O)Nc2ccc(C(C)=O)cc2)c1. The summed E-state index contributed by atoms with van der Waals surface area (Å²) in [6, 6.07) is 9.69. The fourth-order valence-corrected chi connectivity index (χ4v) is 2.39. The number of nitrogens with one attached hydrogen (secondary N) is 1. The molecule has 0 fully saturated rings. The molecule has 26 heavy (non-hydrogen) atoms. The number of Topliss-reactive ketones (excluding diaryl/α,β-unsaturated/α-hetero) is 1. The van der Waals surface area contributed by atoms with Gasteiger partial charge in [0, 0.05) is 36.6 Å². The van der Waals surface area contributed by atoms with Crippen molar-refractivity contribution in [3.05, 3.63) is 59.4 Å². The average molecular weight is 353 g/mol. The largest absolute Gasteiger partial charge is 0.342 e. The first kappa shape index (κ1) is 19.3. The molecule has 6 nitrogen and oxygen atoms in total. The Morgan fingerprint density at radius 3 is 2.38 bits per heavy atom. The van der Waals surface area contributed by atoms with Crippen molar-refractivity contribution in [2.45, 2.75) is 26.7 Å². The average Bonchev–Trinajstić information content (AvgIpc) is 2.66. The van der Waals surface area contributed by atoms with E-state index in [9.17, 15) is 14.4 Å². The maximum Gasteiger partial charge on any atom is 0.274 e. The Balaban J connectivity index is 2.09. The number of aromatic nitrogens is 1. The lowest BCUT2D eigenvalue weighted by atomic mass is 10.1. The smallest absolute Gasteiger partial charge is 0.274 e. The minimum absolute atomic E-state index is 0.0389. The van der Waals surface area contributed by atoms with Gasteiger partial charge in [0.25, 0.3) is 11.8 Å². The van der Waals surface area contributed by atoms with Crippen molar-refractivity contribution in [3.63, 3.8) is 0 Å². The molecule has 0 bridgehead atoms. The van der Waals surface area contributed by atoms with E-state index in [2.05, 4.69) is 17.2 Å². The van der Waals surface area contributed by atoms with Gasteiger partial charge in [0.1, 0.15) is 5.69 Å². The van der Waals surface area contributed by atoms with Gasteiger partial charge in [-0.2, -0.15) is 0 Å². The molecule has 1 aromatic carbocycles. The lowest BCUT2D eigenvalue weighted by Gasteiger charge is -2.16. The van der Waals surface area contributed by atoms with Crippen LogP contribution in [-0.4, -0.2) is 41.1 Å². The van der Waals surface area contributed by atoms with Crippen LogP contribution in [0.1, 0.15) is 57.9 Å². The Labute approximate surface area is 153 Å². The van der Waals surface area contributed by atoms with Crippen molar-refractivity contribution in [1.82, 2.24) is 9.88 Å². The van der Waals surface area contributed by atoms with Crippen LogP contribution in [0.3, 0.4) is 0 Å². The predicted octanol–water partition coefficient (Wildman–Crippen LogP) is 3.41. The van der Waals surface area contributed by atoms with E-state index in [1.165, 1.54) is 19.2 Å². The van der Waals surface area contributed by atoms with Crippen LogP contribution in [0, 0.1) is 0 Å². The van der Waals surface area contributed by atoms with Gasteiger partial charge in [-0.3, -0.25) is 19.4 Å². The van der Waals surface area contributed by atoms with Crippen molar-refractivity contribution in [2.24, 2.45) is 0 Å². The molecule has 0 atom stereocenters. The number of benzene rings is 1. The van der Waals surface area contributed by atoms with Gasteiger partial charge in [-0.15, -0.1) is 0 Å². The molecule has 0 aliphatic heterocycles. The van der Waals surface area contributed by atoms with Crippen molar-refractivity contribution in [2.75, 3.05) is 18.9 Å². The number of hydrogen-bond acceptors (Lipinski definition) is 4. The number of hydrogen-bond donors (Lipinski definition) is 1. The molecule has 2 amide bonds. The summed E-state index contributed by atoms with van der Waals surface area (Å²) < 4.78 is 0. The van der Waals surface area contributed by atoms with E-state index in [4.69, 9.17) is 0 Å². The van der Waals surface area contributed by atoms with Crippen LogP contribution in [0.15, 0.2) is 42.6 Å². The molecule has 2 aromatic rings. The third kappa shape index (κ3) is 4.99. The molecule has 1 aromatic heterocycles. The fraction of sp³-hybridized carbons (Fsp3) is 0.300. The topological polar surface area (TPSA) is 79.4 Å². The number of ketones is 1. The van der Waals surface area contributed by atoms with Gasteiger partial charge >= 0.3 is 0 Å². The molecule has 1 heterocycles. The Morgan fingerprint density at radius 2 is 1.77 bits per heavy atom. The van der Waals surface area contributed by atoms with E-state index in [0.29, 0.717) is 23.4 Å². The van der Waals surface area contributed by atoms with Crippen LogP contribution in [0.25, 0.3) is 0 Å². The molecule has 0 unspecified atom stereocenters. The summed E-state index contributed by atoms with van der Waals surface area (Å²) in [7, 11) is 1.74. The number of carbonyl (C=O) groups is 3. The minimum Gasteiger partial charge on any atom is -0.342 e. The Bertz CT molecular complexity index is 800. The first-order valence-electron chi connectivity index (χ1n) is 8.56. The van der Waals surface area contributed by atoms with E-state index in [-0.39, 0.29) is 17.4 Å². The molecular formula is C20H23N3O3. The first-order valence-corrected chi connectivity index (χ1v) is 8.56. The highest BCUT2D eigenvalue weighted by Crippen LogP contribution is 2.12. The zero-order chi connectivity index (χ0) is 19.1. The van der Waals surface area contributed by atoms with Gasteiger partial charge in [0.2, 0.25) is 0 Å². The second-order valence-electron chi connectivity index (χ2n) is 6.10. The number of amides is 2. The quantitative estimate of drug-likeness (QED) is 0.774. The maximum atomic E-state index is 12.4. The van der Waals surface area contributed by atoms with Crippen molar-refractivity contribution in [3.8, 4) is 0 Å². The second-order valence-corrected chi connectivity index (χ2v) is 6.10. The third-order valence-corrected chi connectivity index (χ3v) is 3.98. The summed E-state index contributed by atoms with van der Waals surface area (Å²) in [6.07, 6.45) is 3.38. The number of rotatable bonds is 7. The van der Waals surface area contributed by atoms with Gasteiger partial charge in [-0.25, -0.2) is 0 Å².